The van der Waals surface area contributed by atoms with E-state index >= 15 is 0 Å². The molecule has 0 aromatic heterocycles. The zero-order valence-corrected chi connectivity index (χ0v) is 21.1. The zero-order valence-electron chi connectivity index (χ0n) is 19.5. The third-order valence-corrected chi connectivity index (χ3v) is 7.62. The van der Waals surface area contributed by atoms with E-state index in [0.717, 1.165) is 0 Å². The highest BCUT2D eigenvalue weighted by Crippen LogP contribution is 2.21. The number of nitrogens with zero attached hydrogens (tertiary/aromatic N) is 2. The van der Waals surface area contributed by atoms with Crippen molar-refractivity contribution in [2.45, 2.75) is 17.9 Å². The fourth-order valence-corrected chi connectivity index (χ4v) is 5.39. The van der Waals surface area contributed by atoms with E-state index < -0.39 is 33.4 Å². The van der Waals surface area contributed by atoms with Crippen molar-refractivity contribution in [2.75, 3.05) is 51.2 Å². The Balaban J connectivity index is 1.56. The molecule has 0 aliphatic carbocycles. The van der Waals surface area contributed by atoms with Crippen molar-refractivity contribution >= 4 is 32.9 Å². The zero-order chi connectivity index (χ0) is 25.4. The number of ether oxygens (including phenoxy) is 3. The number of esters is 1. The predicted molar refractivity (Wildman–Crippen MR) is 130 cm³/mol. The molecular weight excluding hydrogens is 498 g/mol. The molecule has 11 nitrogen and oxygen atoms in total. The molecule has 2 aromatic rings. The molecule has 1 aliphatic heterocycles. The Labute approximate surface area is 207 Å². The van der Waals surface area contributed by atoms with E-state index in [1.165, 1.54) is 30.5 Å². The first kappa shape index (κ1) is 26.9. The maximum Gasteiger partial charge on any atom is 0.303 e. The molecule has 1 saturated heterocycles. The Kier molecular flexibility index (Phi) is 9.46. The molecule has 192 valence electrons. The lowest BCUT2D eigenvalue weighted by Gasteiger charge is -2.35. The van der Waals surface area contributed by atoms with Gasteiger partial charge in [-0.15, -0.1) is 0 Å². The van der Waals surface area contributed by atoms with Crippen molar-refractivity contribution in [3.63, 3.8) is 0 Å². The number of anilines is 1. The van der Waals surface area contributed by atoms with Gasteiger partial charge in [0.1, 0.15) is 24.2 Å². The van der Waals surface area contributed by atoms with Gasteiger partial charge >= 0.3 is 5.97 Å². The van der Waals surface area contributed by atoms with Crippen LogP contribution in [0.2, 0.25) is 0 Å². The van der Waals surface area contributed by atoms with Crippen molar-refractivity contribution in [1.82, 2.24) is 9.21 Å². The fraction of sp³-hybridized carbons (Fsp3) is 0.409. The van der Waals surface area contributed by atoms with Crippen LogP contribution in [-0.2, 0) is 30.8 Å². The van der Waals surface area contributed by atoms with Gasteiger partial charge in [-0.25, -0.2) is 12.6 Å². The van der Waals surface area contributed by atoms with Gasteiger partial charge in [-0.05, 0) is 36.4 Å². The Morgan fingerprint density at radius 3 is 2.40 bits per heavy atom. The van der Waals surface area contributed by atoms with E-state index in [9.17, 15) is 17.4 Å². The van der Waals surface area contributed by atoms with E-state index in [2.05, 4.69) is 4.72 Å². The SMILES string of the molecule is COc1ccc(S(=O)(=O)N2CCN(CC(COc3cccc(NS(=O)O)c3)OC(C)=O)CC2)cc1. The number of rotatable bonds is 11. The molecule has 0 bridgehead atoms. The van der Waals surface area contributed by atoms with Gasteiger partial charge in [0.25, 0.3) is 11.3 Å². The third-order valence-electron chi connectivity index (χ3n) is 5.30. The summed E-state index contributed by atoms with van der Waals surface area (Å²) < 4.78 is 65.8. The molecule has 0 saturated carbocycles. The number of benzene rings is 2. The monoisotopic (exact) mass is 527 g/mol. The number of hydrogen-bond donors (Lipinski definition) is 2. The molecular formula is C22H29N3O8S2. The molecule has 0 radical (unpaired) electrons. The van der Waals surface area contributed by atoms with E-state index in [1.807, 2.05) is 4.90 Å². The number of sulfonamides is 1. The average molecular weight is 528 g/mol. The van der Waals surface area contributed by atoms with E-state index in [-0.39, 0.29) is 11.5 Å². The van der Waals surface area contributed by atoms with Crippen LogP contribution in [0.15, 0.2) is 53.4 Å². The quantitative estimate of drug-likeness (QED) is 0.330. The van der Waals surface area contributed by atoms with Gasteiger partial charge in [0.2, 0.25) is 10.0 Å². The molecule has 0 amide bonds. The van der Waals surface area contributed by atoms with Crippen molar-refractivity contribution in [2.24, 2.45) is 0 Å². The first-order valence-corrected chi connectivity index (χ1v) is 13.4. The molecule has 2 aromatic carbocycles. The van der Waals surface area contributed by atoms with Crippen LogP contribution in [0.1, 0.15) is 6.92 Å². The highest BCUT2D eigenvalue weighted by atomic mass is 32.2. The summed E-state index contributed by atoms with van der Waals surface area (Å²) in [6, 6.07) is 12.8. The Hall–Kier alpha value is -2.71. The largest absolute Gasteiger partial charge is 0.497 e. The predicted octanol–water partition coefficient (Wildman–Crippen LogP) is 1.56. The highest BCUT2D eigenvalue weighted by molar-refractivity contribution is 7.89. The maximum absolute atomic E-state index is 13.0. The smallest absolute Gasteiger partial charge is 0.303 e. The number of nitrogens with one attached hydrogen (secondary N) is 1. The Morgan fingerprint density at radius 2 is 1.80 bits per heavy atom. The van der Waals surface area contributed by atoms with Crippen LogP contribution in [0, 0.1) is 0 Å². The molecule has 2 atom stereocenters. The van der Waals surface area contributed by atoms with Gasteiger partial charge in [-0.1, -0.05) is 6.07 Å². The molecule has 0 spiro atoms. The molecule has 1 aliphatic rings. The number of hydrogen-bond acceptors (Lipinski definition) is 8. The molecule has 35 heavy (non-hydrogen) atoms. The lowest BCUT2D eigenvalue weighted by Crippen LogP contribution is -2.51. The standard InChI is InChI=1S/C22H29N3O8S2/c1-17(26)33-21(16-32-20-5-3-4-18(14-20)23-34(27)28)15-24-10-12-25(13-11-24)35(29,30)22-8-6-19(31-2)7-9-22/h3-9,14,21,23H,10-13,15-16H2,1-2H3,(H,27,28). The van der Waals surface area contributed by atoms with Crippen LogP contribution in [0.5, 0.6) is 11.5 Å². The number of piperazine rings is 1. The minimum absolute atomic E-state index is 0.0651. The Morgan fingerprint density at radius 1 is 1.11 bits per heavy atom. The number of methoxy groups -OCH3 is 1. The third kappa shape index (κ3) is 7.90. The van der Waals surface area contributed by atoms with Crippen LogP contribution in [0.3, 0.4) is 0 Å². The number of carbonyl (C=O) groups excluding carboxylic acids is 1. The highest BCUT2D eigenvalue weighted by Gasteiger charge is 2.30. The summed E-state index contributed by atoms with van der Waals surface area (Å²) in [5, 5.41) is 0. The molecule has 2 N–H and O–H groups in total. The normalized spacial score (nSPS) is 16.8. The lowest BCUT2D eigenvalue weighted by molar-refractivity contribution is -0.149. The summed E-state index contributed by atoms with van der Waals surface area (Å²) in [4.78, 5) is 13.8. The van der Waals surface area contributed by atoms with Gasteiger partial charge in [0.05, 0.1) is 17.7 Å². The molecule has 1 fully saturated rings. The van der Waals surface area contributed by atoms with Gasteiger partial charge in [-0.3, -0.25) is 19.0 Å². The van der Waals surface area contributed by atoms with Crippen LogP contribution in [0.25, 0.3) is 0 Å². The van der Waals surface area contributed by atoms with Crippen molar-refractivity contribution in [3.8, 4) is 11.5 Å². The topological polar surface area (TPSA) is 135 Å². The average Bonchev–Trinajstić information content (AvgIpc) is 2.82. The minimum Gasteiger partial charge on any atom is -0.497 e. The second kappa shape index (κ2) is 12.3. The summed E-state index contributed by atoms with van der Waals surface area (Å²) in [7, 11) is -2.10. The Bertz CT molecular complexity index is 1120. The van der Waals surface area contributed by atoms with Crippen LogP contribution >= 0.6 is 0 Å². The summed E-state index contributed by atoms with van der Waals surface area (Å²) >= 11 is -2.21. The van der Waals surface area contributed by atoms with Crippen LogP contribution in [-0.4, -0.2) is 84.9 Å². The van der Waals surface area contributed by atoms with Gasteiger partial charge in [0.15, 0.2) is 0 Å². The number of carbonyl (C=O) groups is 1. The lowest BCUT2D eigenvalue weighted by atomic mass is 10.3. The molecule has 2 unspecified atom stereocenters. The summed E-state index contributed by atoms with van der Waals surface area (Å²) in [5.74, 6) is 0.567. The molecule has 3 rings (SSSR count). The summed E-state index contributed by atoms with van der Waals surface area (Å²) in [6.07, 6.45) is -0.583. The van der Waals surface area contributed by atoms with Crippen LogP contribution in [0.4, 0.5) is 5.69 Å². The van der Waals surface area contributed by atoms with Gasteiger partial charge < -0.3 is 14.2 Å². The maximum atomic E-state index is 13.0. The van der Waals surface area contributed by atoms with E-state index in [1.54, 1.807) is 36.4 Å². The van der Waals surface area contributed by atoms with Crippen molar-refractivity contribution < 1.29 is 36.2 Å². The second-order valence-electron chi connectivity index (χ2n) is 7.80. The first-order valence-electron chi connectivity index (χ1n) is 10.8. The first-order chi connectivity index (χ1) is 16.7. The van der Waals surface area contributed by atoms with E-state index in [4.69, 9.17) is 18.8 Å². The van der Waals surface area contributed by atoms with Gasteiger partial charge in [0, 0.05) is 45.7 Å². The molecule has 1 heterocycles. The molecule has 13 heteroatoms. The summed E-state index contributed by atoms with van der Waals surface area (Å²) in [5.41, 5.74) is 0.404. The summed E-state index contributed by atoms with van der Waals surface area (Å²) in [6.45, 7) is 3.28. The van der Waals surface area contributed by atoms with Crippen molar-refractivity contribution in [1.29, 1.82) is 0 Å². The minimum atomic E-state index is -3.62. The van der Waals surface area contributed by atoms with Crippen LogP contribution < -0.4 is 14.2 Å². The second-order valence-corrected chi connectivity index (χ2v) is 10.4. The van der Waals surface area contributed by atoms with Crippen molar-refractivity contribution in [3.05, 3.63) is 48.5 Å². The van der Waals surface area contributed by atoms with E-state index in [0.29, 0.717) is 49.9 Å². The van der Waals surface area contributed by atoms with Gasteiger partial charge in [-0.2, -0.15) is 4.31 Å². The fourth-order valence-electron chi connectivity index (χ4n) is 3.64.